The molecule has 1 amide bonds. The Morgan fingerprint density at radius 2 is 1.71 bits per heavy atom. The average Bonchev–Trinajstić information content (AvgIpc) is 2.55. The van der Waals surface area contributed by atoms with Crippen LogP contribution >= 0.6 is 0 Å². The summed E-state index contributed by atoms with van der Waals surface area (Å²) in [6.45, 7) is 5.67. The van der Waals surface area contributed by atoms with E-state index in [-0.39, 0.29) is 17.7 Å². The second-order valence-corrected chi connectivity index (χ2v) is 5.77. The van der Waals surface area contributed by atoms with E-state index in [0.29, 0.717) is 17.0 Å². The molecule has 0 unspecified atom stereocenters. The van der Waals surface area contributed by atoms with Crippen LogP contribution in [0.5, 0.6) is 11.5 Å². The van der Waals surface area contributed by atoms with Gasteiger partial charge in [0.2, 0.25) is 0 Å². The van der Waals surface area contributed by atoms with E-state index in [2.05, 4.69) is 0 Å². The lowest BCUT2D eigenvalue weighted by Gasteiger charge is -2.27. The van der Waals surface area contributed by atoms with Crippen LogP contribution in [-0.4, -0.2) is 26.2 Å². The van der Waals surface area contributed by atoms with Gasteiger partial charge in [-0.05, 0) is 50.6 Å². The summed E-state index contributed by atoms with van der Waals surface area (Å²) in [6, 6.07) is 9.63. The molecule has 0 aliphatic rings. The molecule has 0 atom stereocenters. The fourth-order valence-corrected chi connectivity index (χ4v) is 2.55. The maximum absolute atomic E-state index is 14.0. The van der Waals surface area contributed by atoms with Gasteiger partial charge in [0, 0.05) is 23.4 Å². The summed E-state index contributed by atoms with van der Waals surface area (Å²) in [7, 11) is 2.97. The van der Waals surface area contributed by atoms with E-state index in [1.165, 1.54) is 19.2 Å². The number of rotatable bonds is 5. The molecule has 0 radical (unpaired) electrons. The molecule has 0 saturated heterocycles. The molecule has 24 heavy (non-hydrogen) atoms. The molecule has 0 N–H and O–H groups in total. The van der Waals surface area contributed by atoms with E-state index >= 15 is 0 Å². The van der Waals surface area contributed by atoms with Crippen molar-refractivity contribution in [2.75, 3.05) is 19.1 Å². The maximum atomic E-state index is 14.0. The first-order valence-corrected chi connectivity index (χ1v) is 7.70. The Kier molecular flexibility index (Phi) is 5.44. The van der Waals surface area contributed by atoms with Crippen LogP contribution in [0.3, 0.4) is 0 Å². The minimum atomic E-state index is -0.505. The van der Waals surface area contributed by atoms with E-state index in [4.69, 9.17) is 9.47 Å². The molecule has 0 fully saturated rings. The van der Waals surface area contributed by atoms with Gasteiger partial charge in [-0.25, -0.2) is 4.39 Å². The standard InChI is InChI=1S/C19H22FNO3/c1-12(2)21(15-8-9-17(23-4)16(20)11-15)19(22)14-7-6-13(3)18(10-14)24-5/h6-12H,1-5H3. The Morgan fingerprint density at radius 3 is 2.25 bits per heavy atom. The fraction of sp³-hybridized carbons (Fsp3) is 0.316. The molecule has 0 spiro atoms. The van der Waals surface area contributed by atoms with Crippen LogP contribution in [0.4, 0.5) is 10.1 Å². The smallest absolute Gasteiger partial charge is 0.258 e. The number of aryl methyl sites for hydroxylation is 1. The average molecular weight is 331 g/mol. The summed E-state index contributed by atoms with van der Waals surface area (Å²) in [4.78, 5) is 14.5. The number of halogens is 1. The number of methoxy groups -OCH3 is 2. The molecule has 0 bridgehead atoms. The van der Waals surface area contributed by atoms with Gasteiger partial charge in [0.05, 0.1) is 14.2 Å². The first-order valence-electron chi connectivity index (χ1n) is 7.70. The predicted molar refractivity (Wildman–Crippen MR) is 92.6 cm³/mol. The van der Waals surface area contributed by atoms with E-state index in [0.717, 1.165) is 5.56 Å². The number of carbonyl (C=O) groups excluding carboxylic acids is 1. The molecule has 0 aliphatic carbocycles. The van der Waals surface area contributed by atoms with Gasteiger partial charge in [-0.1, -0.05) is 6.07 Å². The molecular formula is C19H22FNO3. The number of anilines is 1. The number of hydrogen-bond acceptors (Lipinski definition) is 3. The topological polar surface area (TPSA) is 38.8 Å². The second-order valence-electron chi connectivity index (χ2n) is 5.77. The Hall–Kier alpha value is -2.56. The molecule has 0 aromatic heterocycles. The predicted octanol–water partition coefficient (Wildman–Crippen LogP) is 4.21. The summed E-state index contributed by atoms with van der Waals surface area (Å²) >= 11 is 0. The highest BCUT2D eigenvalue weighted by Gasteiger charge is 2.22. The molecule has 2 rings (SSSR count). The zero-order chi connectivity index (χ0) is 17.9. The minimum absolute atomic E-state index is 0.141. The Balaban J connectivity index is 2.44. The minimum Gasteiger partial charge on any atom is -0.496 e. The van der Waals surface area contributed by atoms with Crippen LogP contribution in [0.25, 0.3) is 0 Å². The van der Waals surface area contributed by atoms with Crippen molar-refractivity contribution in [2.45, 2.75) is 26.8 Å². The third kappa shape index (κ3) is 3.50. The van der Waals surface area contributed by atoms with E-state index in [1.54, 1.807) is 30.2 Å². The normalized spacial score (nSPS) is 10.6. The quantitative estimate of drug-likeness (QED) is 0.824. The van der Waals surface area contributed by atoms with Gasteiger partial charge >= 0.3 is 0 Å². The van der Waals surface area contributed by atoms with Gasteiger partial charge < -0.3 is 14.4 Å². The van der Waals surface area contributed by atoms with Crippen molar-refractivity contribution >= 4 is 11.6 Å². The molecule has 4 nitrogen and oxygen atoms in total. The van der Waals surface area contributed by atoms with Crippen LogP contribution < -0.4 is 14.4 Å². The van der Waals surface area contributed by atoms with Crippen LogP contribution in [0, 0.1) is 12.7 Å². The van der Waals surface area contributed by atoms with Crippen LogP contribution in [0.2, 0.25) is 0 Å². The Bertz CT molecular complexity index is 743. The van der Waals surface area contributed by atoms with Gasteiger partial charge in [-0.2, -0.15) is 0 Å². The van der Waals surface area contributed by atoms with Crippen molar-refractivity contribution in [3.8, 4) is 11.5 Å². The van der Waals surface area contributed by atoms with Gasteiger partial charge in [-0.15, -0.1) is 0 Å². The molecule has 5 heteroatoms. The summed E-state index contributed by atoms with van der Waals surface area (Å²) in [5.74, 6) is 0.0696. The van der Waals surface area contributed by atoms with Crippen molar-refractivity contribution in [1.29, 1.82) is 0 Å². The lowest BCUT2D eigenvalue weighted by Crippen LogP contribution is -2.37. The third-order valence-corrected chi connectivity index (χ3v) is 3.80. The SMILES string of the molecule is COc1cc(C(=O)N(c2ccc(OC)c(F)c2)C(C)C)ccc1C. The largest absolute Gasteiger partial charge is 0.496 e. The van der Waals surface area contributed by atoms with Crippen molar-refractivity contribution in [1.82, 2.24) is 0 Å². The second kappa shape index (κ2) is 7.34. The molecule has 2 aromatic carbocycles. The summed E-state index contributed by atoms with van der Waals surface area (Å²) in [6.07, 6.45) is 0. The number of carbonyl (C=O) groups is 1. The number of benzene rings is 2. The van der Waals surface area contributed by atoms with Crippen molar-refractivity contribution in [2.24, 2.45) is 0 Å². The third-order valence-electron chi connectivity index (χ3n) is 3.80. The highest BCUT2D eigenvalue weighted by molar-refractivity contribution is 6.06. The number of hydrogen-bond donors (Lipinski definition) is 0. The summed E-state index contributed by atoms with van der Waals surface area (Å²) < 4.78 is 24.2. The lowest BCUT2D eigenvalue weighted by atomic mass is 10.1. The number of amides is 1. The molecule has 0 heterocycles. The zero-order valence-corrected chi connectivity index (χ0v) is 14.6. The monoisotopic (exact) mass is 331 g/mol. The molecular weight excluding hydrogens is 309 g/mol. The van der Waals surface area contributed by atoms with E-state index < -0.39 is 5.82 Å². The van der Waals surface area contributed by atoms with Gasteiger partial charge in [-0.3, -0.25) is 4.79 Å². The van der Waals surface area contributed by atoms with E-state index in [9.17, 15) is 9.18 Å². The maximum Gasteiger partial charge on any atom is 0.258 e. The van der Waals surface area contributed by atoms with Gasteiger partial charge in [0.1, 0.15) is 5.75 Å². The van der Waals surface area contributed by atoms with E-state index in [1.807, 2.05) is 26.8 Å². The van der Waals surface area contributed by atoms with Crippen LogP contribution in [-0.2, 0) is 0 Å². The number of nitrogens with zero attached hydrogens (tertiary/aromatic N) is 1. The van der Waals surface area contributed by atoms with Crippen molar-refractivity contribution in [3.05, 3.63) is 53.3 Å². The van der Waals surface area contributed by atoms with Crippen LogP contribution in [0.1, 0.15) is 29.8 Å². The number of ether oxygens (including phenoxy) is 2. The summed E-state index contributed by atoms with van der Waals surface area (Å²) in [5.41, 5.74) is 1.91. The zero-order valence-electron chi connectivity index (χ0n) is 14.6. The first-order chi connectivity index (χ1) is 11.4. The van der Waals surface area contributed by atoms with Crippen molar-refractivity contribution in [3.63, 3.8) is 0 Å². The molecule has 0 aliphatic heterocycles. The Morgan fingerprint density at radius 1 is 1.04 bits per heavy atom. The molecule has 0 saturated carbocycles. The highest BCUT2D eigenvalue weighted by Crippen LogP contribution is 2.27. The molecule has 2 aromatic rings. The van der Waals surface area contributed by atoms with Gasteiger partial charge in [0.25, 0.3) is 5.91 Å². The van der Waals surface area contributed by atoms with Crippen molar-refractivity contribution < 1.29 is 18.7 Å². The first kappa shape index (κ1) is 17.8. The lowest BCUT2D eigenvalue weighted by molar-refractivity contribution is 0.0980. The summed E-state index contributed by atoms with van der Waals surface area (Å²) in [5, 5.41) is 0. The highest BCUT2D eigenvalue weighted by atomic mass is 19.1. The van der Waals surface area contributed by atoms with Gasteiger partial charge in [0.15, 0.2) is 11.6 Å². The Labute approximate surface area is 141 Å². The fourth-order valence-electron chi connectivity index (χ4n) is 2.55. The van der Waals surface area contributed by atoms with Crippen LogP contribution in [0.15, 0.2) is 36.4 Å². The molecule has 128 valence electrons.